The molecule has 1 atom stereocenters. The lowest BCUT2D eigenvalue weighted by Gasteiger charge is -2.15. The highest BCUT2D eigenvalue weighted by Crippen LogP contribution is 2.35. The first kappa shape index (κ1) is 24.9. The molecule has 0 fully saturated rings. The van der Waals surface area contributed by atoms with Gasteiger partial charge in [0.2, 0.25) is 0 Å². The molecular weight excluding hydrogens is 487 g/mol. The third-order valence-electron chi connectivity index (χ3n) is 5.54. The van der Waals surface area contributed by atoms with Gasteiger partial charge in [-0.2, -0.15) is 0 Å². The van der Waals surface area contributed by atoms with E-state index in [-0.39, 0.29) is 17.7 Å². The van der Waals surface area contributed by atoms with E-state index in [9.17, 15) is 14.0 Å². The molecular formula is C27H22ClFN2O5. The van der Waals surface area contributed by atoms with E-state index in [0.717, 1.165) is 0 Å². The molecule has 0 bridgehead atoms. The van der Waals surface area contributed by atoms with Crippen LogP contribution >= 0.6 is 11.6 Å². The van der Waals surface area contributed by atoms with E-state index in [1.807, 2.05) is 0 Å². The summed E-state index contributed by atoms with van der Waals surface area (Å²) >= 11 is 6.19. The number of nitrogens with zero attached hydrogens (tertiary/aromatic N) is 1. The maximum atomic E-state index is 14.6. The molecule has 4 aromatic rings. The Balaban J connectivity index is 1.59. The molecule has 0 saturated carbocycles. The summed E-state index contributed by atoms with van der Waals surface area (Å²) in [5.74, 6) is -1.24. The van der Waals surface area contributed by atoms with Gasteiger partial charge in [0, 0.05) is 21.7 Å². The predicted molar refractivity (Wildman–Crippen MR) is 133 cm³/mol. The van der Waals surface area contributed by atoms with Crippen molar-refractivity contribution >= 4 is 29.4 Å². The summed E-state index contributed by atoms with van der Waals surface area (Å²) < 4.78 is 25.6. The second kappa shape index (κ2) is 10.6. The number of aliphatic carboxylic acids is 1. The van der Waals surface area contributed by atoms with Crippen LogP contribution in [0.5, 0.6) is 0 Å². The van der Waals surface area contributed by atoms with Crippen molar-refractivity contribution < 1.29 is 28.3 Å². The number of carbonyl (C=O) groups is 2. The summed E-state index contributed by atoms with van der Waals surface area (Å²) in [6.07, 6.45) is -1.55. The van der Waals surface area contributed by atoms with Crippen molar-refractivity contribution in [1.82, 2.24) is 5.16 Å². The minimum Gasteiger partial charge on any atom is -0.481 e. The molecule has 9 heteroatoms. The van der Waals surface area contributed by atoms with Crippen LogP contribution in [-0.2, 0) is 16.0 Å². The molecule has 1 aromatic heterocycles. The molecule has 1 amide bonds. The number of aromatic nitrogens is 1. The molecule has 0 radical (unpaired) electrons. The molecule has 4 rings (SSSR count). The topological polar surface area (TPSA) is 102 Å². The second-order valence-electron chi connectivity index (χ2n) is 8.13. The quantitative estimate of drug-likeness (QED) is 0.277. The van der Waals surface area contributed by atoms with Gasteiger partial charge in [0.1, 0.15) is 23.3 Å². The van der Waals surface area contributed by atoms with E-state index in [1.165, 1.54) is 18.2 Å². The summed E-state index contributed by atoms with van der Waals surface area (Å²) in [7, 11) is 0. The van der Waals surface area contributed by atoms with E-state index in [2.05, 4.69) is 10.5 Å². The Bertz CT molecular complexity index is 1440. The number of carboxylic acids is 1. The van der Waals surface area contributed by atoms with Crippen molar-refractivity contribution in [3.63, 3.8) is 0 Å². The fraction of sp³-hybridized carbons (Fsp3) is 0.148. The summed E-state index contributed by atoms with van der Waals surface area (Å²) in [4.78, 5) is 23.7. The van der Waals surface area contributed by atoms with Crippen molar-refractivity contribution in [2.45, 2.75) is 26.4 Å². The van der Waals surface area contributed by atoms with Gasteiger partial charge in [0.05, 0.1) is 6.42 Å². The van der Waals surface area contributed by atoms with Gasteiger partial charge in [-0.15, -0.1) is 0 Å². The van der Waals surface area contributed by atoms with E-state index in [0.29, 0.717) is 38.7 Å². The number of rotatable bonds is 7. The van der Waals surface area contributed by atoms with Crippen LogP contribution in [-0.4, -0.2) is 22.3 Å². The predicted octanol–water partition coefficient (Wildman–Crippen LogP) is 7.05. The molecule has 0 spiro atoms. The molecule has 0 aliphatic carbocycles. The van der Waals surface area contributed by atoms with Gasteiger partial charge in [-0.1, -0.05) is 59.2 Å². The number of amides is 1. The number of hydrogen-bond acceptors (Lipinski definition) is 5. The molecule has 0 aliphatic rings. The van der Waals surface area contributed by atoms with Crippen LogP contribution in [0.25, 0.3) is 22.5 Å². The molecule has 184 valence electrons. The summed E-state index contributed by atoms with van der Waals surface area (Å²) in [6, 6.07) is 18.0. The Morgan fingerprint density at radius 2 is 1.86 bits per heavy atom. The van der Waals surface area contributed by atoms with Gasteiger partial charge < -0.3 is 14.4 Å². The standard InChI is InChI=1S/C27H22ClFN2O5/c1-15-25(30-27(34)35-16(2)20-8-3-4-9-22(20)28)26(36-31-15)19-7-5-6-18(14-19)21-12-17(13-24(32)33)10-11-23(21)29/h3-12,14,16H,13H2,1-2H3,(H,30,34)(H,32,33). The van der Waals surface area contributed by atoms with Gasteiger partial charge >= 0.3 is 12.1 Å². The minimum atomic E-state index is -1.01. The largest absolute Gasteiger partial charge is 0.481 e. The number of carboxylic acid groups (broad SMARTS) is 1. The van der Waals surface area contributed by atoms with Crippen LogP contribution in [0.4, 0.5) is 14.9 Å². The Labute approximate surface area is 211 Å². The Hall–Kier alpha value is -4.17. The zero-order valence-corrected chi connectivity index (χ0v) is 20.2. The van der Waals surface area contributed by atoms with Crippen molar-refractivity contribution in [2.24, 2.45) is 0 Å². The zero-order valence-electron chi connectivity index (χ0n) is 19.4. The van der Waals surface area contributed by atoms with Crippen LogP contribution in [0.3, 0.4) is 0 Å². The van der Waals surface area contributed by atoms with Gasteiger partial charge in [-0.25, -0.2) is 9.18 Å². The molecule has 3 aromatic carbocycles. The number of aryl methyl sites for hydroxylation is 1. The molecule has 7 nitrogen and oxygen atoms in total. The minimum absolute atomic E-state index is 0.225. The van der Waals surface area contributed by atoms with Crippen LogP contribution < -0.4 is 5.32 Å². The monoisotopic (exact) mass is 508 g/mol. The van der Waals surface area contributed by atoms with E-state index < -0.39 is 24.0 Å². The highest BCUT2D eigenvalue weighted by Gasteiger charge is 2.21. The van der Waals surface area contributed by atoms with E-state index >= 15 is 0 Å². The number of benzene rings is 3. The zero-order chi connectivity index (χ0) is 25.8. The van der Waals surface area contributed by atoms with Crippen LogP contribution in [0, 0.1) is 12.7 Å². The lowest BCUT2D eigenvalue weighted by Crippen LogP contribution is -2.17. The normalized spacial score (nSPS) is 11.7. The Morgan fingerprint density at radius 1 is 1.11 bits per heavy atom. The van der Waals surface area contributed by atoms with Crippen molar-refractivity contribution in [3.05, 3.63) is 94.4 Å². The van der Waals surface area contributed by atoms with Gasteiger partial charge in [0.25, 0.3) is 0 Å². The van der Waals surface area contributed by atoms with Gasteiger partial charge in [-0.05, 0) is 49.2 Å². The highest BCUT2D eigenvalue weighted by molar-refractivity contribution is 6.31. The highest BCUT2D eigenvalue weighted by atomic mass is 35.5. The maximum absolute atomic E-state index is 14.6. The van der Waals surface area contributed by atoms with Crippen LogP contribution in [0.1, 0.15) is 29.8 Å². The van der Waals surface area contributed by atoms with Crippen molar-refractivity contribution in [2.75, 3.05) is 5.32 Å². The summed E-state index contributed by atoms with van der Waals surface area (Å²) in [6.45, 7) is 3.37. The lowest BCUT2D eigenvalue weighted by atomic mass is 9.98. The number of halogens is 2. The first-order valence-electron chi connectivity index (χ1n) is 11.0. The SMILES string of the molecule is Cc1noc(-c2cccc(-c3cc(CC(=O)O)ccc3F)c2)c1NC(=O)OC(C)c1ccccc1Cl. The molecule has 1 heterocycles. The molecule has 2 N–H and O–H groups in total. The van der Waals surface area contributed by atoms with E-state index in [4.69, 9.17) is 26.0 Å². The third kappa shape index (κ3) is 5.55. The number of carbonyl (C=O) groups excluding carboxylic acids is 1. The fourth-order valence-corrected chi connectivity index (χ4v) is 4.07. The first-order chi connectivity index (χ1) is 17.2. The first-order valence-corrected chi connectivity index (χ1v) is 11.4. The summed E-state index contributed by atoms with van der Waals surface area (Å²) in [5, 5.41) is 16.2. The Kier molecular flexibility index (Phi) is 7.36. The summed E-state index contributed by atoms with van der Waals surface area (Å²) in [5.41, 5.74) is 3.15. The Morgan fingerprint density at radius 3 is 2.61 bits per heavy atom. The van der Waals surface area contributed by atoms with Crippen LogP contribution in [0.2, 0.25) is 5.02 Å². The molecule has 0 saturated heterocycles. The second-order valence-corrected chi connectivity index (χ2v) is 8.54. The van der Waals surface area contributed by atoms with Gasteiger partial charge in [-0.3, -0.25) is 10.1 Å². The average Bonchev–Trinajstić information content (AvgIpc) is 3.20. The average molecular weight is 509 g/mol. The molecule has 1 unspecified atom stereocenters. The smallest absolute Gasteiger partial charge is 0.412 e. The number of ether oxygens (including phenoxy) is 1. The number of hydrogen-bond donors (Lipinski definition) is 2. The van der Waals surface area contributed by atoms with Crippen molar-refractivity contribution in [3.8, 4) is 22.5 Å². The van der Waals surface area contributed by atoms with Gasteiger partial charge in [0.15, 0.2) is 5.76 Å². The fourth-order valence-electron chi connectivity index (χ4n) is 3.78. The van der Waals surface area contributed by atoms with Crippen molar-refractivity contribution in [1.29, 1.82) is 0 Å². The van der Waals surface area contributed by atoms with Crippen LogP contribution in [0.15, 0.2) is 71.3 Å². The molecule has 36 heavy (non-hydrogen) atoms. The number of anilines is 1. The lowest BCUT2D eigenvalue weighted by molar-refractivity contribution is -0.136. The maximum Gasteiger partial charge on any atom is 0.412 e. The van der Waals surface area contributed by atoms with E-state index in [1.54, 1.807) is 62.4 Å². The number of nitrogens with one attached hydrogen (secondary N) is 1. The third-order valence-corrected chi connectivity index (χ3v) is 5.88. The molecule has 0 aliphatic heterocycles.